The molecule has 1 atom stereocenters. The number of piperidine rings is 1. The number of halogens is 1. The van der Waals surface area contributed by atoms with Crippen molar-refractivity contribution in [3.8, 4) is 6.07 Å². The Kier molecular flexibility index (Phi) is 8.64. The molecular weight excluding hydrogens is 497 g/mol. The smallest absolute Gasteiger partial charge is 0.247 e. The van der Waals surface area contributed by atoms with Crippen LogP contribution in [0.2, 0.25) is 0 Å². The van der Waals surface area contributed by atoms with Gasteiger partial charge in [-0.2, -0.15) is 10.2 Å². The maximum absolute atomic E-state index is 13.2. The number of likely N-dealkylation sites (tertiary alicyclic amines) is 1. The summed E-state index contributed by atoms with van der Waals surface area (Å²) in [6, 6.07) is 18.7. The van der Waals surface area contributed by atoms with Crippen molar-refractivity contribution in [1.29, 1.82) is 5.26 Å². The lowest BCUT2D eigenvalue weighted by molar-refractivity contribution is -0.128. The van der Waals surface area contributed by atoms with E-state index in [4.69, 9.17) is 9.26 Å². The first-order chi connectivity index (χ1) is 19.0. The average Bonchev–Trinajstić information content (AvgIpc) is 3.46. The Morgan fingerprint density at radius 3 is 2.54 bits per heavy atom. The number of amides is 1. The largest absolute Gasteiger partial charge is 0.381 e. The molecule has 9 heteroatoms. The van der Waals surface area contributed by atoms with Crippen LogP contribution in [0.5, 0.6) is 0 Å². The molecule has 3 heterocycles. The lowest BCUT2D eigenvalue weighted by Crippen LogP contribution is -2.43. The number of benzene rings is 2. The zero-order valence-electron chi connectivity index (χ0n) is 22.0. The predicted molar refractivity (Wildman–Crippen MR) is 142 cm³/mol. The molecule has 2 saturated heterocycles. The molecule has 1 aromatic heterocycles. The fraction of sp³-hybridized carbons (Fsp3) is 0.467. The first-order valence-corrected chi connectivity index (χ1v) is 13.7. The minimum atomic E-state index is -0.819. The molecule has 1 amide bonds. The molecule has 0 spiro atoms. The Labute approximate surface area is 228 Å². The minimum absolute atomic E-state index is 0.00134. The van der Waals surface area contributed by atoms with Crippen molar-refractivity contribution in [1.82, 2.24) is 20.4 Å². The second-order valence-corrected chi connectivity index (χ2v) is 10.5. The van der Waals surface area contributed by atoms with Crippen molar-refractivity contribution in [2.75, 3.05) is 32.8 Å². The van der Waals surface area contributed by atoms with Crippen LogP contribution in [0.3, 0.4) is 0 Å². The fourth-order valence-corrected chi connectivity index (χ4v) is 5.41. The number of carbonyl (C=O) groups excluding carboxylic acids is 1. The zero-order valence-corrected chi connectivity index (χ0v) is 22.0. The Morgan fingerprint density at radius 2 is 1.85 bits per heavy atom. The highest BCUT2D eigenvalue weighted by Gasteiger charge is 2.41. The van der Waals surface area contributed by atoms with Crippen molar-refractivity contribution in [2.45, 2.75) is 50.0 Å². The molecular formula is C30H34FN5O3. The second-order valence-electron chi connectivity index (χ2n) is 10.5. The van der Waals surface area contributed by atoms with Gasteiger partial charge in [-0.15, -0.1) is 0 Å². The summed E-state index contributed by atoms with van der Waals surface area (Å²) in [5.74, 6) is 0.646. The summed E-state index contributed by atoms with van der Waals surface area (Å²) in [5.41, 5.74) is 1.16. The summed E-state index contributed by atoms with van der Waals surface area (Å²) in [7, 11) is 0. The van der Waals surface area contributed by atoms with E-state index in [0.29, 0.717) is 44.2 Å². The number of ether oxygens (including phenoxy) is 1. The van der Waals surface area contributed by atoms with E-state index in [1.54, 1.807) is 12.1 Å². The van der Waals surface area contributed by atoms with Gasteiger partial charge in [-0.1, -0.05) is 47.6 Å². The Bertz CT molecular complexity index is 1260. The van der Waals surface area contributed by atoms with E-state index in [0.717, 1.165) is 50.0 Å². The van der Waals surface area contributed by atoms with Crippen LogP contribution in [0, 0.1) is 23.1 Å². The summed E-state index contributed by atoms with van der Waals surface area (Å²) in [6.07, 6.45) is 3.89. The number of hydrogen-bond donors (Lipinski definition) is 1. The fourth-order valence-electron chi connectivity index (χ4n) is 5.41. The predicted octanol–water partition coefficient (Wildman–Crippen LogP) is 4.33. The van der Waals surface area contributed by atoms with Crippen LogP contribution in [0.15, 0.2) is 59.1 Å². The normalized spacial score (nSPS) is 18.8. The van der Waals surface area contributed by atoms with Gasteiger partial charge in [-0.3, -0.25) is 4.79 Å². The Balaban J connectivity index is 1.18. The molecule has 0 unspecified atom stereocenters. The lowest BCUT2D eigenvalue weighted by atomic mass is 9.79. The van der Waals surface area contributed by atoms with Gasteiger partial charge in [0.25, 0.3) is 0 Å². The van der Waals surface area contributed by atoms with Gasteiger partial charge in [0.1, 0.15) is 11.2 Å². The van der Waals surface area contributed by atoms with Crippen LogP contribution in [-0.4, -0.2) is 53.8 Å². The molecule has 2 aromatic carbocycles. The molecule has 204 valence electrons. The van der Waals surface area contributed by atoms with Crippen molar-refractivity contribution in [3.05, 3.63) is 83.3 Å². The first kappa shape index (κ1) is 27.0. The first-order valence-electron chi connectivity index (χ1n) is 13.7. The van der Waals surface area contributed by atoms with Gasteiger partial charge in [0, 0.05) is 45.2 Å². The molecule has 8 nitrogen and oxygen atoms in total. The highest BCUT2D eigenvalue weighted by atomic mass is 19.1. The number of rotatable bonds is 9. The number of aromatic nitrogens is 2. The highest BCUT2D eigenvalue weighted by Crippen LogP contribution is 2.34. The number of nitriles is 1. The Morgan fingerprint density at radius 1 is 1.13 bits per heavy atom. The van der Waals surface area contributed by atoms with Gasteiger partial charge in [0.15, 0.2) is 5.82 Å². The molecule has 5 rings (SSSR count). The van der Waals surface area contributed by atoms with Crippen LogP contribution in [0.25, 0.3) is 0 Å². The van der Waals surface area contributed by atoms with Crippen molar-refractivity contribution >= 4 is 5.91 Å². The van der Waals surface area contributed by atoms with Crippen molar-refractivity contribution in [3.63, 3.8) is 0 Å². The summed E-state index contributed by atoms with van der Waals surface area (Å²) in [4.78, 5) is 19.9. The molecule has 39 heavy (non-hydrogen) atoms. The summed E-state index contributed by atoms with van der Waals surface area (Å²) >= 11 is 0. The third kappa shape index (κ3) is 6.70. The third-order valence-corrected chi connectivity index (χ3v) is 7.92. The van der Waals surface area contributed by atoms with Crippen LogP contribution in [0.1, 0.15) is 61.0 Å². The van der Waals surface area contributed by atoms with Crippen LogP contribution < -0.4 is 5.32 Å². The highest BCUT2D eigenvalue weighted by molar-refractivity contribution is 5.79. The quantitative estimate of drug-likeness (QED) is 0.438. The molecule has 0 radical (unpaired) electrons. The monoisotopic (exact) mass is 531 g/mol. The van der Waals surface area contributed by atoms with Gasteiger partial charge in [0.2, 0.25) is 11.8 Å². The molecule has 0 aliphatic carbocycles. The molecule has 1 N–H and O–H groups in total. The van der Waals surface area contributed by atoms with Gasteiger partial charge in [0.05, 0.1) is 12.1 Å². The van der Waals surface area contributed by atoms with Gasteiger partial charge in [-0.25, -0.2) is 4.39 Å². The topological polar surface area (TPSA) is 104 Å². The maximum atomic E-state index is 13.2. The molecule has 2 fully saturated rings. The average molecular weight is 532 g/mol. The summed E-state index contributed by atoms with van der Waals surface area (Å²) in [6.45, 7) is 3.51. The summed E-state index contributed by atoms with van der Waals surface area (Å²) < 4.78 is 24.2. The van der Waals surface area contributed by atoms with E-state index in [9.17, 15) is 14.4 Å². The van der Waals surface area contributed by atoms with Gasteiger partial charge in [-0.05, 0) is 55.4 Å². The number of nitrogens with zero attached hydrogens (tertiary/aromatic N) is 4. The van der Waals surface area contributed by atoms with Crippen molar-refractivity contribution < 1.29 is 18.4 Å². The van der Waals surface area contributed by atoms with Crippen molar-refractivity contribution in [2.24, 2.45) is 5.92 Å². The van der Waals surface area contributed by atoms with E-state index >= 15 is 0 Å². The number of carbonyl (C=O) groups is 1. The summed E-state index contributed by atoms with van der Waals surface area (Å²) in [5, 5.41) is 17.5. The third-order valence-electron chi connectivity index (χ3n) is 7.92. The minimum Gasteiger partial charge on any atom is -0.381 e. The standard InChI is InChI=1S/C30H34FN5O3/c31-25-8-6-22(7-9-25)20-27-34-29(39-35-27)30(21-32)13-16-36(17-14-30)15-10-26(23-4-2-1-3-5-23)33-28(37)24-11-18-38-19-12-24/h1-9,24,26H,10-20H2,(H,33,37)/t26-/m0/s1. The lowest BCUT2D eigenvalue weighted by Gasteiger charge is -2.35. The molecule has 3 aromatic rings. The number of nitrogens with one attached hydrogen (secondary N) is 1. The van der Waals surface area contributed by atoms with E-state index in [1.807, 2.05) is 18.2 Å². The van der Waals surface area contributed by atoms with Crippen LogP contribution in [0.4, 0.5) is 4.39 Å². The van der Waals surface area contributed by atoms with Crippen LogP contribution >= 0.6 is 0 Å². The van der Waals surface area contributed by atoms with E-state index < -0.39 is 5.41 Å². The van der Waals surface area contributed by atoms with E-state index in [2.05, 4.69) is 38.6 Å². The maximum Gasteiger partial charge on any atom is 0.247 e. The van der Waals surface area contributed by atoms with E-state index in [-0.39, 0.29) is 23.7 Å². The second kappa shape index (κ2) is 12.5. The van der Waals surface area contributed by atoms with Crippen LogP contribution in [-0.2, 0) is 21.4 Å². The number of hydrogen-bond acceptors (Lipinski definition) is 7. The Hall–Kier alpha value is -3.61. The molecule has 0 bridgehead atoms. The SMILES string of the molecule is N#CC1(c2nc(Cc3ccc(F)cc3)no2)CCN(CC[C@H](NC(=O)C2CCOCC2)c2ccccc2)CC1. The van der Waals surface area contributed by atoms with E-state index in [1.165, 1.54) is 12.1 Å². The van der Waals surface area contributed by atoms with Gasteiger partial charge >= 0.3 is 0 Å². The van der Waals surface area contributed by atoms with Gasteiger partial charge < -0.3 is 19.5 Å². The molecule has 2 aliphatic rings. The molecule has 0 saturated carbocycles. The molecule has 2 aliphatic heterocycles. The zero-order chi connectivity index (χ0) is 27.1.